The van der Waals surface area contributed by atoms with Gasteiger partial charge in [-0.15, -0.1) is 11.6 Å². The number of alkyl halides is 1. The molecule has 0 aromatic rings. The first-order valence-electron chi connectivity index (χ1n) is 5.60. The minimum atomic E-state index is -0.583. The molecule has 2 saturated heterocycles. The summed E-state index contributed by atoms with van der Waals surface area (Å²) in [6.45, 7) is 6.12. The standard InChI is InChI=1S/C11H18ClNO2/c1-8-6-13(7-9(8)12)10(14)11(2)4-3-5-15-11/h8-9H,3-7H2,1-2H3. The summed E-state index contributed by atoms with van der Waals surface area (Å²) in [5, 5.41) is 0.0963. The third kappa shape index (κ3) is 2.00. The number of carbonyl (C=O) groups is 1. The largest absolute Gasteiger partial charge is 0.365 e. The average molecular weight is 232 g/mol. The zero-order valence-electron chi connectivity index (χ0n) is 9.33. The second kappa shape index (κ2) is 3.95. The highest BCUT2D eigenvalue weighted by Crippen LogP contribution is 2.30. The van der Waals surface area contributed by atoms with Crippen LogP contribution in [0, 0.1) is 5.92 Å². The van der Waals surface area contributed by atoms with Crippen molar-refractivity contribution in [2.75, 3.05) is 19.7 Å². The van der Waals surface area contributed by atoms with E-state index in [1.54, 1.807) is 0 Å². The van der Waals surface area contributed by atoms with Gasteiger partial charge in [0.1, 0.15) is 5.60 Å². The van der Waals surface area contributed by atoms with E-state index in [0.29, 0.717) is 19.1 Å². The van der Waals surface area contributed by atoms with Gasteiger partial charge >= 0.3 is 0 Å². The predicted molar refractivity (Wildman–Crippen MR) is 59.0 cm³/mol. The molecule has 0 radical (unpaired) electrons. The highest BCUT2D eigenvalue weighted by molar-refractivity contribution is 6.21. The average Bonchev–Trinajstić information content (AvgIpc) is 2.75. The van der Waals surface area contributed by atoms with Crippen LogP contribution >= 0.6 is 11.6 Å². The number of halogens is 1. The van der Waals surface area contributed by atoms with Crippen LogP contribution in [0.4, 0.5) is 0 Å². The number of nitrogens with zero attached hydrogens (tertiary/aromatic N) is 1. The number of amides is 1. The van der Waals surface area contributed by atoms with E-state index >= 15 is 0 Å². The molecular formula is C11H18ClNO2. The predicted octanol–water partition coefficient (Wildman–Crippen LogP) is 1.64. The van der Waals surface area contributed by atoms with Crippen LogP contribution < -0.4 is 0 Å². The molecule has 3 nitrogen and oxygen atoms in total. The Balaban J connectivity index is 2.02. The van der Waals surface area contributed by atoms with Gasteiger partial charge < -0.3 is 9.64 Å². The van der Waals surface area contributed by atoms with E-state index in [2.05, 4.69) is 6.92 Å². The first-order valence-corrected chi connectivity index (χ1v) is 6.04. The molecule has 2 rings (SSSR count). The highest BCUT2D eigenvalue weighted by Gasteiger charge is 2.43. The number of hydrogen-bond acceptors (Lipinski definition) is 2. The van der Waals surface area contributed by atoms with Crippen molar-refractivity contribution >= 4 is 17.5 Å². The van der Waals surface area contributed by atoms with Crippen molar-refractivity contribution in [3.63, 3.8) is 0 Å². The van der Waals surface area contributed by atoms with Crippen LogP contribution in [0.2, 0.25) is 0 Å². The Morgan fingerprint density at radius 1 is 1.53 bits per heavy atom. The first-order chi connectivity index (χ1) is 7.03. The molecule has 2 aliphatic rings. The summed E-state index contributed by atoms with van der Waals surface area (Å²) in [5.41, 5.74) is -0.583. The molecule has 0 aromatic carbocycles. The van der Waals surface area contributed by atoms with Gasteiger partial charge in [0.05, 0.1) is 5.38 Å². The molecule has 0 aromatic heterocycles. The third-order valence-electron chi connectivity index (χ3n) is 3.48. The van der Waals surface area contributed by atoms with E-state index in [-0.39, 0.29) is 11.3 Å². The topological polar surface area (TPSA) is 29.5 Å². The Morgan fingerprint density at radius 2 is 2.27 bits per heavy atom. The Kier molecular flexibility index (Phi) is 2.95. The van der Waals surface area contributed by atoms with Crippen LogP contribution in [-0.4, -0.2) is 41.5 Å². The number of rotatable bonds is 1. The fourth-order valence-electron chi connectivity index (χ4n) is 2.38. The van der Waals surface area contributed by atoms with Crippen molar-refractivity contribution in [3.05, 3.63) is 0 Å². The minimum absolute atomic E-state index is 0.0963. The molecule has 2 aliphatic heterocycles. The summed E-state index contributed by atoms with van der Waals surface area (Å²) in [6, 6.07) is 0. The third-order valence-corrected chi connectivity index (χ3v) is 4.05. The van der Waals surface area contributed by atoms with Crippen molar-refractivity contribution < 1.29 is 9.53 Å². The molecule has 4 heteroatoms. The maximum Gasteiger partial charge on any atom is 0.254 e. The minimum Gasteiger partial charge on any atom is -0.365 e. The number of ether oxygens (including phenoxy) is 1. The van der Waals surface area contributed by atoms with Crippen molar-refractivity contribution in [1.82, 2.24) is 4.90 Å². The first kappa shape index (κ1) is 11.2. The SMILES string of the molecule is CC1CN(C(=O)C2(C)CCCO2)CC1Cl. The van der Waals surface area contributed by atoms with Gasteiger partial charge in [-0.2, -0.15) is 0 Å². The molecule has 0 spiro atoms. The van der Waals surface area contributed by atoms with E-state index in [9.17, 15) is 4.79 Å². The normalized spacial score (nSPS) is 41.1. The summed E-state index contributed by atoms with van der Waals surface area (Å²) in [7, 11) is 0. The van der Waals surface area contributed by atoms with Crippen LogP contribution in [-0.2, 0) is 9.53 Å². The smallest absolute Gasteiger partial charge is 0.254 e. The Hall–Kier alpha value is -0.280. The lowest BCUT2D eigenvalue weighted by molar-refractivity contribution is -0.149. The lowest BCUT2D eigenvalue weighted by atomic mass is 10.0. The maximum absolute atomic E-state index is 12.2. The van der Waals surface area contributed by atoms with E-state index < -0.39 is 5.60 Å². The zero-order valence-corrected chi connectivity index (χ0v) is 10.1. The Morgan fingerprint density at radius 3 is 2.73 bits per heavy atom. The Bertz CT molecular complexity index is 253. The number of likely N-dealkylation sites (tertiary alicyclic amines) is 1. The molecule has 0 aliphatic carbocycles. The molecule has 15 heavy (non-hydrogen) atoms. The molecule has 2 heterocycles. The Labute approximate surface area is 95.7 Å². The molecule has 0 N–H and O–H groups in total. The second-order valence-corrected chi connectivity index (χ2v) is 5.45. The monoisotopic (exact) mass is 231 g/mol. The van der Waals surface area contributed by atoms with Crippen molar-refractivity contribution in [1.29, 1.82) is 0 Å². The molecule has 3 unspecified atom stereocenters. The van der Waals surface area contributed by atoms with E-state index in [1.807, 2.05) is 11.8 Å². The quantitative estimate of drug-likeness (QED) is 0.643. The molecule has 1 amide bonds. The van der Waals surface area contributed by atoms with Gasteiger partial charge in [-0.05, 0) is 25.7 Å². The molecule has 0 saturated carbocycles. The van der Waals surface area contributed by atoms with Crippen molar-refractivity contribution in [3.8, 4) is 0 Å². The van der Waals surface area contributed by atoms with Crippen molar-refractivity contribution in [2.45, 2.75) is 37.7 Å². The fraction of sp³-hybridized carbons (Fsp3) is 0.909. The van der Waals surface area contributed by atoms with Gasteiger partial charge in [0.15, 0.2) is 0 Å². The van der Waals surface area contributed by atoms with Crippen LogP contribution in [0.1, 0.15) is 26.7 Å². The van der Waals surface area contributed by atoms with E-state index in [4.69, 9.17) is 16.3 Å². The summed E-state index contributed by atoms with van der Waals surface area (Å²) in [6.07, 6.45) is 1.82. The van der Waals surface area contributed by atoms with Crippen LogP contribution in [0.5, 0.6) is 0 Å². The van der Waals surface area contributed by atoms with Gasteiger partial charge in [-0.1, -0.05) is 6.92 Å². The van der Waals surface area contributed by atoms with Gasteiger partial charge in [-0.3, -0.25) is 4.79 Å². The van der Waals surface area contributed by atoms with Crippen LogP contribution in [0.15, 0.2) is 0 Å². The van der Waals surface area contributed by atoms with E-state index in [0.717, 1.165) is 19.4 Å². The molecule has 86 valence electrons. The summed E-state index contributed by atoms with van der Waals surface area (Å²) in [5.74, 6) is 0.510. The van der Waals surface area contributed by atoms with E-state index in [1.165, 1.54) is 0 Å². The lowest BCUT2D eigenvalue weighted by Crippen LogP contribution is -2.46. The van der Waals surface area contributed by atoms with Gasteiger partial charge in [-0.25, -0.2) is 0 Å². The van der Waals surface area contributed by atoms with Gasteiger partial charge in [0, 0.05) is 19.7 Å². The summed E-state index contributed by atoms with van der Waals surface area (Å²) < 4.78 is 5.55. The zero-order chi connectivity index (χ0) is 11.1. The van der Waals surface area contributed by atoms with Gasteiger partial charge in [0.25, 0.3) is 5.91 Å². The van der Waals surface area contributed by atoms with Gasteiger partial charge in [0.2, 0.25) is 0 Å². The molecule has 0 bridgehead atoms. The molecule has 3 atom stereocenters. The second-order valence-electron chi connectivity index (χ2n) is 4.89. The highest BCUT2D eigenvalue weighted by atomic mass is 35.5. The maximum atomic E-state index is 12.2. The number of hydrogen-bond donors (Lipinski definition) is 0. The summed E-state index contributed by atoms with van der Waals surface area (Å²) in [4.78, 5) is 14.1. The van der Waals surface area contributed by atoms with Crippen LogP contribution in [0.25, 0.3) is 0 Å². The van der Waals surface area contributed by atoms with Crippen molar-refractivity contribution in [2.24, 2.45) is 5.92 Å². The fourth-order valence-corrected chi connectivity index (χ4v) is 2.62. The number of carbonyl (C=O) groups excluding carboxylic acids is 1. The molecule has 2 fully saturated rings. The molecular weight excluding hydrogens is 214 g/mol. The van der Waals surface area contributed by atoms with Crippen LogP contribution in [0.3, 0.4) is 0 Å². The lowest BCUT2D eigenvalue weighted by Gasteiger charge is -2.28. The summed E-state index contributed by atoms with van der Waals surface area (Å²) >= 11 is 6.12.